The Labute approximate surface area is 159 Å². The predicted molar refractivity (Wildman–Crippen MR) is 98.3 cm³/mol. The van der Waals surface area contributed by atoms with Gasteiger partial charge in [0.25, 0.3) is 0 Å². The van der Waals surface area contributed by atoms with Gasteiger partial charge in [0, 0.05) is 18.3 Å². The molecule has 0 aromatic heterocycles. The lowest BCUT2D eigenvalue weighted by Crippen LogP contribution is -2.57. The smallest absolute Gasteiger partial charge is 0.291 e. The Bertz CT molecular complexity index is 766. The molecule has 0 bridgehead atoms. The summed E-state index contributed by atoms with van der Waals surface area (Å²) in [6.45, 7) is 0. The number of carbonyl (C=O) groups is 3. The molecule has 3 fully saturated rings. The molecule has 27 heavy (non-hydrogen) atoms. The van der Waals surface area contributed by atoms with Crippen LogP contribution in [0.5, 0.6) is 0 Å². The number of rotatable bonds is 1. The van der Waals surface area contributed by atoms with E-state index in [9.17, 15) is 18.8 Å². The second kappa shape index (κ2) is 6.22. The second-order valence-corrected chi connectivity index (χ2v) is 9.48. The van der Waals surface area contributed by atoms with Crippen molar-refractivity contribution in [3.8, 4) is 0 Å². The Morgan fingerprint density at radius 2 is 1.93 bits per heavy atom. The van der Waals surface area contributed by atoms with Crippen molar-refractivity contribution in [2.75, 3.05) is 0 Å². The van der Waals surface area contributed by atoms with Crippen LogP contribution in [0.4, 0.5) is 4.39 Å². The zero-order valence-electron chi connectivity index (χ0n) is 15.7. The van der Waals surface area contributed by atoms with Gasteiger partial charge in [-0.05, 0) is 75.0 Å². The SMILES string of the molecule is O=C1CCC2(C(=O)F)CCC3C4CCC5CCC=CC5C4=CCC3C2C1=O. The predicted octanol–water partition coefficient (Wildman–Crippen LogP) is 4.37. The van der Waals surface area contributed by atoms with Crippen molar-refractivity contribution in [2.45, 2.75) is 57.8 Å². The van der Waals surface area contributed by atoms with E-state index in [2.05, 4.69) is 18.2 Å². The van der Waals surface area contributed by atoms with Gasteiger partial charge in [0.15, 0.2) is 5.78 Å². The van der Waals surface area contributed by atoms with E-state index >= 15 is 0 Å². The lowest BCUT2D eigenvalue weighted by Gasteiger charge is -2.55. The summed E-state index contributed by atoms with van der Waals surface area (Å²) in [6.07, 6.45) is 13.9. The first kappa shape index (κ1) is 17.5. The molecule has 0 N–H and O–H groups in total. The number of carbonyl (C=O) groups excluding carboxylic acids is 3. The van der Waals surface area contributed by atoms with Crippen molar-refractivity contribution in [3.05, 3.63) is 23.8 Å². The molecule has 0 spiro atoms. The highest BCUT2D eigenvalue weighted by Crippen LogP contribution is 2.61. The number of allylic oxidation sites excluding steroid dienone is 4. The number of hydrogen-bond donors (Lipinski definition) is 0. The normalized spacial score (nSPS) is 45.9. The molecule has 5 aliphatic rings. The first-order valence-corrected chi connectivity index (χ1v) is 10.7. The molecule has 0 aromatic rings. The number of halogens is 1. The van der Waals surface area contributed by atoms with Crippen LogP contribution in [-0.4, -0.2) is 17.6 Å². The largest absolute Gasteiger partial charge is 0.308 e. The molecule has 4 heteroatoms. The van der Waals surface area contributed by atoms with Crippen LogP contribution in [0.25, 0.3) is 0 Å². The van der Waals surface area contributed by atoms with Crippen LogP contribution in [0.15, 0.2) is 23.8 Å². The summed E-state index contributed by atoms with van der Waals surface area (Å²) < 4.78 is 14.2. The molecule has 0 aromatic carbocycles. The van der Waals surface area contributed by atoms with Gasteiger partial charge in [0.1, 0.15) is 0 Å². The van der Waals surface area contributed by atoms with Crippen LogP contribution >= 0.6 is 0 Å². The maximum atomic E-state index is 14.2. The zero-order chi connectivity index (χ0) is 18.8. The van der Waals surface area contributed by atoms with Crippen molar-refractivity contribution < 1.29 is 18.8 Å². The third-order valence-corrected chi connectivity index (χ3v) is 8.60. The summed E-state index contributed by atoms with van der Waals surface area (Å²) in [7, 11) is 0. The Kier molecular flexibility index (Phi) is 4.03. The second-order valence-electron chi connectivity index (χ2n) is 9.48. The van der Waals surface area contributed by atoms with Crippen molar-refractivity contribution in [1.82, 2.24) is 0 Å². The lowest BCUT2D eigenvalue weighted by atomic mass is 9.47. The fourth-order valence-electron chi connectivity index (χ4n) is 7.36. The number of Topliss-reactive ketones (excluding diaryl/α,β-unsaturated/α-hetero) is 2. The maximum absolute atomic E-state index is 14.2. The molecule has 3 nitrogen and oxygen atoms in total. The highest BCUT2D eigenvalue weighted by Gasteiger charge is 2.61. The number of fused-ring (bicyclic) bond motifs is 7. The summed E-state index contributed by atoms with van der Waals surface area (Å²) in [4.78, 5) is 37.0. The average Bonchev–Trinajstić information content (AvgIpc) is 2.69. The summed E-state index contributed by atoms with van der Waals surface area (Å²) in [5.41, 5.74) is 0.302. The molecule has 3 saturated carbocycles. The average molecular weight is 370 g/mol. The van der Waals surface area contributed by atoms with Gasteiger partial charge in [0.2, 0.25) is 5.78 Å². The highest BCUT2D eigenvalue weighted by atomic mass is 19.1. The standard InChI is InChI=1S/C23H27FO3/c24-22(27)23-11-9-17-16-6-5-13-3-1-2-4-14(13)15(16)7-8-18(17)20(23)21(26)19(25)10-12-23/h2,4,7,13-14,16-18,20H,1,3,5-6,8-12H2. The Morgan fingerprint density at radius 1 is 1.07 bits per heavy atom. The van der Waals surface area contributed by atoms with Crippen molar-refractivity contribution >= 4 is 17.6 Å². The van der Waals surface area contributed by atoms with Crippen molar-refractivity contribution in [3.63, 3.8) is 0 Å². The van der Waals surface area contributed by atoms with Gasteiger partial charge in [-0.3, -0.25) is 14.4 Å². The van der Waals surface area contributed by atoms with Crippen molar-refractivity contribution in [1.29, 1.82) is 0 Å². The molecular weight excluding hydrogens is 343 g/mol. The van der Waals surface area contributed by atoms with E-state index in [-0.39, 0.29) is 18.8 Å². The summed E-state index contributed by atoms with van der Waals surface area (Å²) in [5, 5.41) is 0. The lowest BCUT2D eigenvalue weighted by molar-refractivity contribution is -0.166. The quantitative estimate of drug-likeness (QED) is 0.391. The fraction of sp³-hybridized carbons (Fsp3) is 0.696. The van der Waals surface area contributed by atoms with E-state index in [1.54, 1.807) is 0 Å². The monoisotopic (exact) mass is 370 g/mol. The Morgan fingerprint density at radius 3 is 2.74 bits per heavy atom. The molecule has 5 rings (SSSR count). The molecule has 5 aliphatic carbocycles. The van der Waals surface area contributed by atoms with E-state index in [0.717, 1.165) is 18.8 Å². The topological polar surface area (TPSA) is 51.2 Å². The van der Waals surface area contributed by atoms with E-state index in [4.69, 9.17) is 0 Å². The Hall–Kier alpha value is -1.58. The van der Waals surface area contributed by atoms with Crippen LogP contribution in [-0.2, 0) is 14.4 Å². The molecule has 0 radical (unpaired) electrons. The molecule has 0 saturated heterocycles. The van der Waals surface area contributed by atoms with Gasteiger partial charge in [-0.25, -0.2) is 0 Å². The molecule has 7 atom stereocenters. The summed E-state index contributed by atoms with van der Waals surface area (Å²) >= 11 is 0. The molecule has 0 aliphatic heterocycles. The van der Waals surface area contributed by atoms with Crippen LogP contribution in [0.3, 0.4) is 0 Å². The third-order valence-electron chi connectivity index (χ3n) is 8.60. The van der Waals surface area contributed by atoms with E-state index in [0.29, 0.717) is 30.6 Å². The maximum Gasteiger partial charge on any atom is 0.308 e. The first-order chi connectivity index (χ1) is 13.0. The summed E-state index contributed by atoms with van der Waals surface area (Å²) in [5.74, 6) is 0.370. The van der Waals surface area contributed by atoms with Crippen LogP contribution in [0.1, 0.15) is 57.8 Å². The van der Waals surface area contributed by atoms with E-state index in [1.165, 1.54) is 24.8 Å². The van der Waals surface area contributed by atoms with Crippen LogP contribution < -0.4 is 0 Å². The van der Waals surface area contributed by atoms with Crippen LogP contribution in [0, 0.1) is 40.9 Å². The Balaban J connectivity index is 1.53. The highest BCUT2D eigenvalue weighted by molar-refractivity contribution is 6.39. The minimum atomic E-state index is -1.36. The first-order valence-electron chi connectivity index (χ1n) is 10.7. The molecule has 7 unspecified atom stereocenters. The third kappa shape index (κ3) is 2.41. The minimum absolute atomic E-state index is 0.0292. The zero-order valence-corrected chi connectivity index (χ0v) is 15.7. The molecule has 144 valence electrons. The minimum Gasteiger partial charge on any atom is -0.291 e. The molecule has 0 amide bonds. The molecule has 0 heterocycles. The fourth-order valence-corrected chi connectivity index (χ4v) is 7.36. The van der Waals surface area contributed by atoms with Gasteiger partial charge in [-0.15, -0.1) is 0 Å². The van der Waals surface area contributed by atoms with Gasteiger partial charge in [-0.1, -0.05) is 23.8 Å². The van der Waals surface area contributed by atoms with Gasteiger partial charge >= 0.3 is 6.04 Å². The number of hydrogen-bond acceptors (Lipinski definition) is 3. The van der Waals surface area contributed by atoms with E-state index < -0.39 is 28.9 Å². The van der Waals surface area contributed by atoms with Crippen LogP contribution in [0.2, 0.25) is 0 Å². The van der Waals surface area contributed by atoms with Gasteiger partial charge < -0.3 is 0 Å². The summed E-state index contributed by atoms with van der Waals surface area (Å²) in [6, 6.07) is -1.36. The van der Waals surface area contributed by atoms with E-state index in [1.807, 2.05) is 0 Å². The van der Waals surface area contributed by atoms with Crippen molar-refractivity contribution in [2.24, 2.45) is 40.9 Å². The van der Waals surface area contributed by atoms with Gasteiger partial charge in [0.05, 0.1) is 5.41 Å². The molecular formula is C23H27FO3. The number of ketones is 2. The van der Waals surface area contributed by atoms with Gasteiger partial charge in [-0.2, -0.15) is 4.39 Å².